The molecule has 0 saturated heterocycles. The molecule has 3 aromatic rings. The minimum Gasteiger partial charge on any atom is -0.334 e. The number of fused-ring (bicyclic) bond motifs is 1. The van der Waals surface area contributed by atoms with Crippen molar-refractivity contribution in [3.05, 3.63) is 74.9 Å². The molecule has 1 aliphatic carbocycles. The Morgan fingerprint density at radius 2 is 1.93 bits per heavy atom. The van der Waals surface area contributed by atoms with Gasteiger partial charge in [0.1, 0.15) is 12.4 Å². The first-order chi connectivity index (χ1) is 13.5. The van der Waals surface area contributed by atoms with Gasteiger partial charge in [-0.25, -0.2) is 9.07 Å². The van der Waals surface area contributed by atoms with Crippen molar-refractivity contribution in [2.45, 2.75) is 38.9 Å². The molecule has 1 aromatic heterocycles. The van der Waals surface area contributed by atoms with Crippen LogP contribution in [0, 0.1) is 12.7 Å². The number of aromatic nitrogens is 2. The molecule has 1 aliphatic rings. The number of halogens is 2. The van der Waals surface area contributed by atoms with Gasteiger partial charge in [0.05, 0.1) is 17.6 Å². The molecule has 7 heteroatoms. The van der Waals surface area contributed by atoms with E-state index in [1.807, 2.05) is 12.1 Å². The minimum absolute atomic E-state index is 0.0421. The maximum absolute atomic E-state index is 14.2. The maximum Gasteiger partial charge on any atom is 0.275 e. The van der Waals surface area contributed by atoms with Crippen LogP contribution in [0.5, 0.6) is 0 Å². The highest BCUT2D eigenvalue weighted by molar-refractivity contribution is 6.31. The highest BCUT2D eigenvalue weighted by Gasteiger charge is 2.33. The van der Waals surface area contributed by atoms with E-state index in [2.05, 4.69) is 5.10 Å². The zero-order valence-electron chi connectivity index (χ0n) is 15.4. The van der Waals surface area contributed by atoms with Gasteiger partial charge in [-0.05, 0) is 38.0 Å². The van der Waals surface area contributed by atoms with Crippen LogP contribution in [-0.4, -0.2) is 26.6 Å². The van der Waals surface area contributed by atoms with Crippen LogP contribution in [0.4, 0.5) is 4.39 Å². The quantitative estimate of drug-likeness (QED) is 0.657. The standard InChI is InChI=1S/C21H19ClFN3O2/c1-13-15-5-2-3-6-16(15)21(28)26(24-13)12-20(27)25(14-9-10-14)11-17-18(22)7-4-8-19(17)23/h2-8,14H,9-12H2,1H3. The third-order valence-electron chi connectivity index (χ3n) is 5.04. The summed E-state index contributed by atoms with van der Waals surface area (Å²) in [7, 11) is 0. The van der Waals surface area contributed by atoms with Gasteiger partial charge in [-0.2, -0.15) is 5.10 Å². The van der Waals surface area contributed by atoms with E-state index in [0.717, 1.165) is 18.2 Å². The molecule has 4 rings (SSSR count). The summed E-state index contributed by atoms with van der Waals surface area (Å²) in [6, 6.07) is 11.7. The first-order valence-electron chi connectivity index (χ1n) is 9.14. The molecule has 0 spiro atoms. The van der Waals surface area contributed by atoms with Gasteiger partial charge in [0, 0.05) is 22.0 Å². The normalized spacial score (nSPS) is 13.7. The number of nitrogens with zero attached hydrogens (tertiary/aromatic N) is 3. The number of benzene rings is 2. The van der Waals surface area contributed by atoms with Crippen molar-refractivity contribution in [2.24, 2.45) is 0 Å². The summed E-state index contributed by atoms with van der Waals surface area (Å²) in [5.74, 6) is -0.714. The fourth-order valence-corrected chi connectivity index (χ4v) is 3.61. The Morgan fingerprint density at radius 1 is 1.21 bits per heavy atom. The molecule has 0 unspecified atom stereocenters. The minimum atomic E-state index is -0.442. The summed E-state index contributed by atoms with van der Waals surface area (Å²) >= 11 is 6.13. The fraction of sp³-hybridized carbons (Fsp3) is 0.286. The molecular weight excluding hydrogens is 381 g/mol. The van der Waals surface area contributed by atoms with E-state index in [0.29, 0.717) is 16.6 Å². The van der Waals surface area contributed by atoms with Crippen LogP contribution < -0.4 is 5.56 Å². The van der Waals surface area contributed by atoms with Crippen LogP contribution in [-0.2, 0) is 17.9 Å². The van der Waals surface area contributed by atoms with Gasteiger partial charge in [-0.3, -0.25) is 9.59 Å². The van der Waals surface area contributed by atoms with Crippen molar-refractivity contribution in [2.75, 3.05) is 0 Å². The summed E-state index contributed by atoms with van der Waals surface area (Å²) in [6.45, 7) is 1.70. The fourth-order valence-electron chi connectivity index (χ4n) is 3.39. The van der Waals surface area contributed by atoms with Crippen LogP contribution in [0.3, 0.4) is 0 Å². The number of amides is 1. The lowest BCUT2D eigenvalue weighted by Gasteiger charge is -2.23. The van der Waals surface area contributed by atoms with E-state index in [9.17, 15) is 14.0 Å². The monoisotopic (exact) mass is 399 g/mol. The molecular formula is C21H19ClFN3O2. The third-order valence-corrected chi connectivity index (χ3v) is 5.39. The van der Waals surface area contributed by atoms with Gasteiger partial charge in [0.15, 0.2) is 0 Å². The zero-order valence-corrected chi connectivity index (χ0v) is 16.1. The average molecular weight is 400 g/mol. The number of hydrogen-bond acceptors (Lipinski definition) is 3. The molecule has 1 amide bonds. The smallest absolute Gasteiger partial charge is 0.275 e. The molecule has 0 aliphatic heterocycles. The molecule has 0 radical (unpaired) electrons. The Kier molecular flexibility index (Phi) is 4.89. The molecule has 28 heavy (non-hydrogen) atoms. The predicted octanol–water partition coefficient (Wildman–Crippen LogP) is 3.69. The molecule has 144 valence electrons. The SMILES string of the molecule is Cc1nn(CC(=O)N(Cc2c(F)cccc2Cl)C2CC2)c(=O)c2ccccc12. The molecule has 5 nitrogen and oxygen atoms in total. The van der Waals surface area contributed by atoms with E-state index in [4.69, 9.17) is 11.6 Å². The molecule has 0 bridgehead atoms. The van der Waals surface area contributed by atoms with E-state index < -0.39 is 5.82 Å². The van der Waals surface area contributed by atoms with Crippen molar-refractivity contribution in [3.8, 4) is 0 Å². The Bertz CT molecular complexity index is 1100. The summed E-state index contributed by atoms with van der Waals surface area (Å²) in [6.07, 6.45) is 1.72. The number of hydrogen-bond donors (Lipinski definition) is 0. The second-order valence-electron chi connectivity index (χ2n) is 7.05. The van der Waals surface area contributed by atoms with E-state index in [-0.39, 0.29) is 35.6 Å². The lowest BCUT2D eigenvalue weighted by Crippen LogP contribution is -2.38. The van der Waals surface area contributed by atoms with Crippen LogP contribution in [0.2, 0.25) is 5.02 Å². The Balaban J connectivity index is 1.64. The Hall–Kier alpha value is -2.73. The highest BCUT2D eigenvalue weighted by Crippen LogP contribution is 2.31. The third kappa shape index (κ3) is 3.52. The molecule has 2 aromatic carbocycles. The number of rotatable bonds is 5. The van der Waals surface area contributed by atoms with E-state index in [1.54, 1.807) is 30.0 Å². The number of carbonyl (C=O) groups excluding carboxylic acids is 1. The molecule has 1 saturated carbocycles. The molecule has 0 N–H and O–H groups in total. The first kappa shape index (κ1) is 18.6. The summed E-state index contributed by atoms with van der Waals surface area (Å²) < 4.78 is 15.4. The van der Waals surface area contributed by atoms with Crippen molar-refractivity contribution >= 4 is 28.3 Å². The van der Waals surface area contributed by atoms with Crippen LogP contribution >= 0.6 is 11.6 Å². The highest BCUT2D eigenvalue weighted by atomic mass is 35.5. The van der Waals surface area contributed by atoms with E-state index in [1.165, 1.54) is 16.8 Å². The second-order valence-corrected chi connectivity index (χ2v) is 7.45. The molecule has 1 fully saturated rings. The van der Waals surface area contributed by atoms with Crippen LogP contribution in [0.15, 0.2) is 47.3 Å². The lowest BCUT2D eigenvalue weighted by molar-refractivity contribution is -0.133. The maximum atomic E-state index is 14.2. The van der Waals surface area contributed by atoms with Crippen LogP contribution in [0.25, 0.3) is 10.8 Å². The Labute approximate surface area is 166 Å². The van der Waals surface area contributed by atoms with Gasteiger partial charge in [-0.15, -0.1) is 0 Å². The number of aryl methyl sites for hydroxylation is 1. The van der Waals surface area contributed by atoms with Crippen molar-refractivity contribution in [1.82, 2.24) is 14.7 Å². The van der Waals surface area contributed by atoms with Crippen LogP contribution in [0.1, 0.15) is 24.1 Å². The van der Waals surface area contributed by atoms with Gasteiger partial charge in [0.25, 0.3) is 5.56 Å². The summed E-state index contributed by atoms with van der Waals surface area (Å²) in [4.78, 5) is 27.3. The van der Waals surface area contributed by atoms with Crippen molar-refractivity contribution in [3.63, 3.8) is 0 Å². The first-order valence-corrected chi connectivity index (χ1v) is 9.52. The molecule has 0 atom stereocenters. The summed E-state index contributed by atoms with van der Waals surface area (Å²) in [5, 5.41) is 5.89. The lowest BCUT2D eigenvalue weighted by atomic mass is 10.1. The largest absolute Gasteiger partial charge is 0.334 e. The van der Waals surface area contributed by atoms with Gasteiger partial charge in [-0.1, -0.05) is 35.9 Å². The van der Waals surface area contributed by atoms with Gasteiger partial charge >= 0.3 is 0 Å². The Morgan fingerprint density at radius 3 is 2.61 bits per heavy atom. The number of carbonyl (C=O) groups is 1. The van der Waals surface area contributed by atoms with Crippen molar-refractivity contribution in [1.29, 1.82) is 0 Å². The van der Waals surface area contributed by atoms with Gasteiger partial charge in [0.2, 0.25) is 5.91 Å². The van der Waals surface area contributed by atoms with E-state index >= 15 is 0 Å². The zero-order chi connectivity index (χ0) is 19.8. The second kappa shape index (κ2) is 7.36. The topological polar surface area (TPSA) is 55.2 Å². The predicted molar refractivity (Wildman–Crippen MR) is 106 cm³/mol. The summed E-state index contributed by atoms with van der Waals surface area (Å²) in [5.41, 5.74) is 0.659. The van der Waals surface area contributed by atoms with Gasteiger partial charge < -0.3 is 4.90 Å². The average Bonchev–Trinajstić information content (AvgIpc) is 3.50. The van der Waals surface area contributed by atoms with Crippen molar-refractivity contribution < 1.29 is 9.18 Å². The molecule has 1 heterocycles.